The average molecular weight is 384 g/mol. The first-order valence-corrected chi connectivity index (χ1v) is 9.52. The topological polar surface area (TPSA) is 77.7 Å². The van der Waals surface area contributed by atoms with Crippen LogP contribution in [-0.2, 0) is 4.74 Å². The number of benzene rings is 1. The highest BCUT2D eigenvalue weighted by molar-refractivity contribution is 5.89. The molecule has 1 saturated heterocycles. The smallest absolute Gasteiger partial charge is 0.414 e. The Balaban J connectivity index is 0.00000158. The number of ether oxygens (including phenoxy) is 1. The number of cyclic esters (lactones) is 1. The van der Waals surface area contributed by atoms with E-state index in [1.807, 2.05) is 34.6 Å². The molecule has 0 saturated carbocycles. The number of hydrogen-bond donors (Lipinski definition) is 1. The zero-order valence-electron chi connectivity index (χ0n) is 17.3. The van der Waals surface area contributed by atoms with Crippen LogP contribution in [0.3, 0.4) is 0 Å². The molecule has 1 N–H and O–H groups in total. The monoisotopic (exact) mass is 384 g/mol. The highest BCUT2D eigenvalue weighted by Gasteiger charge is 2.33. The maximum atomic E-state index is 13.7. The predicted molar refractivity (Wildman–Crippen MR) is 106 cm³/mol. The van der Waals surface area contributed by atoms with Crippen LogP contribution in [-0.4, -0.2) is 55.1 Å². The fourth-order valence-electron chi connectivity index (χ4n) is 2.22. The molecule has 27 heavy (non-hydrogen) atoms. The first-order chi connectivity index (χ1) is 13.0. The maximum absolute atomic E-state index is 13.7. The van der Waals surface area contributed by atoms with Gasteiger partial charge in [-0.2, -0.15) is 5.11 Å². The van der Waals surface area contributed by atoms with Gasteiger partial charge in [0.05, 0.1) is 31.9 Å². The van der Waals surface area contributed by atoms with Crippen LogP contribution in [0.15, 0.2) is 28.5 Å². The first-order valence-electron chi connectivity index (χ1n) is 9.52. The highest BCUT2D eigenvalue weighted by atomic mass is 19.1. The van der Waals surface area contributed by atoms with Crippen LogP contribution < -0.4 is 4.90 Å². The molecule has 0 aromatic heterocycles. The number of aliphatic hydroxyl groups is 1. The van der Waals surface area contributed by atoms with Gasteiger partial charge >= 0.3 is 6.09 Å². The average Bonchev–Trinajstić information content (AvgIpc) is 3.06. The van der Waals surface area contributed by atoms with Gasteiger partial charge in [0, 0.05) is 6.54 Å². The molecule has 1 aromatic rings. The van der Waals surface area contributed by atoms with Crippen LogP contribution in [0.5, 0.6) is 0 Å². The van der Waals surface area contributed by atoms with Crippen molar-refractivity contribution in [3.05, 3.63) is 29.6 Å². The molecule has 154 valence electrons. The van der Waals surface area contributed by atoms with Gasteiger partial charge in [-0.3, -0.25) is 9.91 Å². The van der Waals surface area contributed by atoms with Crippen molar-refractivity contribution in [3.8, 4) is 0 Å². The number of nitrogens with zero attached hydrogens (tertiary/aromatic N) is 4. The van der Waals surface area contributed by atoms with Gasteiger partial charge < -0.3 is 9.84 Å². The van der Waals surface area contributed by atoms with E-state index in [1.165, 1.54) is 11.0 Å². The van der Waals surface area contributed by atoms with Crippen LogP contribution in [0.1, 0.15) is 40.2 Å². The molecule has 7 nitrogen and oxygen atoms in total. The van der Waals surface area contributed by atoms with Crippen LogP contribution >= 0.6 is 0 Å². The van der Waals surface area contributed by atoms with E-state index >= 15 is 0 Å². The summed E-state index contributed by atoms with van der Waals surface area (Å²) in [4.78, 5) is 13.4. The molecule has 0 radical (unpaired) electrons. The molecule has 0 aliphatic carbocycles. The van der Waals surface area contributed by atoms with Gasteiger partial charge in [0.25, 0.3) is 0 Å². The Morgan fingerprint density at radius 2 is 2.00 bits per heavy atom. The van der Waals surface area contributed by atoms with Crippen molar-refractivity contribution in [2.24, 2.45) is 10.3 Å². The fourth-order valence-corrected chi connectivity index (χ4v) is 2.22. The van der Waals surface area contributed by atoms with Gasteiger partial charge in [-0.25, -0.2) is 9.18 Å². The van der Waals surface area contributed by atoms with Crippen LogP contribution in [0.4, 0.5) is 14.9 Å². The number of rotatable bonds is 7. The molecule has 1 fully saturated rings. The second kappa shape index (κ2) is 13.9. The van der Waals surface area contributed by atoms with Crippen molar-refractivity contribution in [3.63, 3.8) is 0 Å². The van der Waals surface area contributed by atoms with E-state index in [0.29, 0.717) is 30.9 Å². The largest absolute Gasteiger partial charge is 0.442 e. The lowest BCUT2D eigenvalue weighted by atomic mass is 10.2. The van der Waals surface area contributed by atoms with Crippen LogP contribution in [0, 0.1) is 12.7 Å². The maximum Gasteiger partial charge on any atom is 0.414 e. The fraction of sp³-hybridized carbons (Fsp3) is 0.632. The van der Waals surface area contributed by atoms with E-state index in [4.69, 9.17) is 9.84 Å². The zero-order valence-corrected chi connectivity index (χ0v) is 17.3. The van der Waals surface area contributed by atoms with E-state index in [1.54, 1.807) is 24.1 Å². The number of anilines is 1. The SMILES string of the molecule is CC.CC.CCN(CC1CN(c2ccc(C)c(F)c2)C(=O)O1)N=NCCO. The first kappa shape index (κ1) is 24.8. The van der Waals surface area contributed by atoms with E-state index in [2.05, 4.69) is 10.3 Å². The number of halogens is 1. The molecule has 0 bridgehead atoms. The van der Waals surface area contributed by atoms with Gasteiger partial charge in [0.15, 0.2) is 0 Å². The molecule has 0 spiro atoms. The number of carbonyl (C=O) groups excluding carboxylic acids is 1. The molecule has 1 aromatic carbocycles. The summed E-state index contributed by atoms with van der Waals surface area (Å²) in [7, 11) is 0. The van der Waals surface area contributed by atoms with Crippen molar-refractivity contribution >= 4 is 11.8 Å². The minimum absolute atomic E-state index is 0.0633. The summed E-state index contributed by atoms with van der Waals surface area (Å²) >= 11 is 0. The van der Waals surface area contributed by atoms with E-state index in [0.717, 1.165) is 0 Å². The molecule has 1 aliphatic rings. The van der Waals surface area contributed by atoms with E-state index in [9.17, 15) is 9.18 Å². The molecule has 2 rings (SSSR count). The molecule has 1 unspecified atom stereocenters. The standard InChI is InChI=1S/C15H21FN4O3.2C2H6/c1-3-19(18-17-6-7-21)9-13-10-20(15(22)23-13)12-5-4-11(2)14(16)8-12;2*1-2/h4-5,8,13,21H,3,6-7,9-10H2,1-2H3;2*1-2H3. The minimum atomic E-state index is -0.499. The number of aryl methyl sites for hydroxylation is 1. The molecule has 1 atom stereocenters. The number of amides is 1. The van der Waals surface area contributed by atoms with Crippen molar-refractivity contribution in [1.82, 2.24) is 5.01 Å². The summed E-state index contributed by atoms with van der Waals surface area (Å²) in [6, 6.07) is 4.66. The second-order valence-corrected chi connectivity index (χ2v) is 5.23. The van der Waals surface area contributed by atoms with Gasteiger partial charge in [-0.15, -0.1) is 0 Å². The number of likely N-dealkylation sites (N-methyl/N-ethyl adjacent to an activating group) is 1. The van der Waals surface area contributed by atoms with Crippen molar-refractivity contribution in [2.45, 2.75) is 47.6 Å². The van der Waals surface area contributed by atoms with E-state index < -0.39 is 6.09 Å². The molecule has 1 amide bonds. The lowest BCUT2D eigenvalue weighted by Crippen LogP contribution is -2.31. The number of hydrogen-bond acceptors (Lipinski definition) is 5. The summed E-state index contributed by atoms with van der Waals surface area (Å²) < 4.78 is 19.0. The third-order valence-electron chi connectivity index (χ3n) is 3.51. The Hall–Kier alpha value is -2.22. The van der Waals surface area contributed by atoms with Crippen LogP contribution in [0.25, 0.3) is 0 Å². The summed E-state index contributed by atoms with van der Waals surface area (Å²) in [6.45, 7) is 13.1. The number of carbonyl (C=O) groups is 1. The normalized spacial score (nSPS) is 15.6. The zero-order chi connectivity index (χ0) is 20.8. The van der Waals surface area contributed by atoms with Gasteiger partial charge in [0.1, 0.15) is 11.9 Å². The molecular formula is C19H33FN4O3. The van der Waals surface area contributed by atoms with Crippen molar-refractivity contribution in [2.75, 3.05) is 37.7 Å². The third kappa shape index (κ3) is 7.90. The van der Waals surface area contributed by atoms with E-state index in [-0.39, 0.29) is 25.1 Å². The Bertz CT molecular complexity index is 584. The Kier molecular flexibility index (Phi) is 12.8. The van der Waals surface area contributed by atoms with Crippen LogP contribution in [0.2, 0.25) is 0 Å². The lowest BCUT2D eigenvalue weighted by molar-refractivity contribution is 0.108. The third-order valence-corrected chi connectivity index (χ3v) is 3.51. The Morgan fingerprint density at radius 3 is 2.56 bits per heavy atom. The Morgan fingerprint density at radius 1 is 1.33 bits per heavy atom. The quantitative estimate of drug-likeness (QED) is 0.565. The van der Waals surface area contributed by atoms with Crippen molar-refractivity contribution in [1.29, 1.82) is 0 Å². The molecule has 1 aliphatic heterocycles. The predicted octanol–water partition coefficient (Wildman–Crippen LogP) is 4.19. The second-order valence-electron chi connectivity index (χ2n) is 5.23. The van der Waals surface area contributed by atoms with Gasteiger partial charge in [-0.05, 0) is 31.5 Å². The Labute approximate surface area is 161 Å². The minimum Gasteiger partial charge on any atom is -0.442 e. The summed E-state index contributed by atoms with van der Waals surface area (Å²) in [6.07, 6.45) is -0.874. The van der Waals surface area contributed by atoms with Crippen molar-refractivity contribution < 1.29 is 19.0 Å². The summed E-state index contributed by atoms with van der Waals surface area (Å²) in [5.74, 6) is -0.355. The molecule has 8 heteroatoms. The summed E-state index contributed by atoms with van der Waals surface area (Å²) in [5, 5.41) is 18.1. The summed E-state index contributed by atoms with van der Waals surface area (Å²) in [5.41, 5.74) is 1.00. The lowest BCUT2D eigenvalue weighted by Gasteiger charge is -2.18. The number of aliphatic hydroxyl groups excluding tert-OH is 1. The highest BCUT2D eigenvalue weighted by Crippen LogP contribution is 2.24. The van der Waals surface area contributed by atoms with Gasteiger partial charge in [0.2, 0.25) is 0 Å². The molecular weight excluding hydrogens is 351 g/mol. The molecule has 1 heterocycles. The van der Waals surface area contributed by atoms with Gasteiger partial charge in [-0.1, -0.05) is 39.0 Å².